The molecule has 6 aromatic heterocycles. The Morgan fingerprint density at radius 2 is 0.893 bits per heavy atom. The van der Waals surface area contributed by atoms with Crippen LogP contribution in [0, 0.1) is 13.8 Å². The van der Waals surface area contributed by atoms with Gasteiger partial charge in [-0.15, -0.1) is 0 Å². The van der Waals surface area contributed by atoms with Gasteiger partial charge in [-0.2, -0.15) is 0 Å². The molecule has 84 heavy (non-hydrogen) atoms. The minimum atomic E-state index is -1.36. The van der Waals surface area contributed by atoms with Gasteiger partial charge in [-0.1, -0.05) is 25.0 Å². The molecule has 4 aromatic carbocycles. The van der Waals surface area contributed by atoms with Gasteiger partial charge in [0.1, 0.15) is 24.6 Å². The zero-order valence-electron chi connectivity index (χ0n) is 45.4. The molecule has 0 unspecified atom stereocenters. The van der Waals surface area contributed by atoms with Crippen LogP contribution in [-0.2, 0) is 32.3 Å². The maximum Gasteiger partial charge on any atom is 0.329 e. The van der Waals surface area contributed by atoms with E-state index in [0.29, 0.717) is 67.0 Å². The largest absolute Gasteiger partial charge is 0.484 e. The highest BCUT2D eigenvalue weighted by Crippen LogP contribution is 2.36. The predicted molar refractivity (Wildman–Crippen MR) is 310 cm³/mol. The average molecular weight is 1140 g/mol. The molecule has 0 radical (unpaired) electrons. The molecule has 0 aliphatic carbocycles. The van der Waals surface area contributed by atoms with E-state index in [0.717, 1.165) is 48.2 Å². The molecule has 10 aromatic rings. The summed E-state index contributed by atoms with van der Waals surface area (Å²) in [6.07, 6.45) is 6.75. The number of nitrogens with zero attached hydrogens (tertiary/aromatic N) is 4. The third-order valence-electron chi connectivity index (χ3n) is 14.4. The first-order valence-corrected chi connectivity index (χ1v) is 26.7. The molecular weight excluding hydrogens is 1080 g/mol. The maximum atomic E-state index is 14.2. The third-order valence-corrected chi connectivity index (χ3v) is 14.4. The number of hydrogen-bond donors (Lipinski definition) is 6. The summed E-state index contributed by atoms with van der Waals surface area (Å²) < 4.78 is 16.5. The number of aliphatic carboxylic acids is 2. The Morgan fingerprint density at radius 1 is 0.500 bits per heavy atom. The van der Waals surface area contributed by atoms with Crippen molar-refractivity contribution in [3.05, 3.63) is 209 Å². The fourth-order valence-electron chi connectivity index (χ4n) is 10.5. The summed E-state index contributed by atoms with van der Waals surface area (Å²) in [5.41, 5.74) is 3.65. The lowest BCUT2D eigenvalue weighted by atomic mass is 9.97. The summed E-state index contributed by atoms with van der Waals surface area (Å²) in [6.45, 7) is 2.46. The quantitative estimate of drug-likeness (QED) is 0.0315. The third kappa shape index (κ3) is 11.5. The number of ether oxygens (including phenoxy) is 2. The first kappa shape index (κ1) is 56.4. The number of fused-ring (bicyclic) bond motifs is 4. The topological polar surface area (TPSA) is 304 Å². The zero-order chi connectivity index (χ0) is 59.3. The van der Waals surface area contributed by atoms with E-state index >= 15 is 0 Å². The van der Waals surface area contributed by atoms with E-state index < -0.39 is 47.5 Å². The number of nitrogens with one attached hydrogen (secondary N) is 4. The maximum absolute atomic E-state index is 14.2. The predicted octanol–water partition coefficient (Wildman–Crippen LogP) is 6.03. The Kier molecular flexibility index (Phi) is 16.1. The summed E-state index contributed by atoms with van der Waals surface area (Å²) in [5, 5.41) is 24.2. The van der Waals surface area contributed by atoms with Crippen molar-refractivity contribution in [2.24, 2.45) is 0 Å². The first-order chi connectivity index (χ1) is 40.5. The van der Waals surface area contributed by atoms with Crippen LogP contribution in [0.2, 0.25) is 0 Å². The van der Waals surface area contributed by atoms with Crippen LogP contribution in [-0.4, -0.2) is 99.7 Å². The van der Waals surface area contributed by atoms with E-state index in [4.69, 9.17) is 9.47 Å². The van der Waals surface area contributed by atoms with Crippen LogP contribution in [0.5, 0.6) is 11.5 Å². The van der Waals surface area contributed by atoms with Crippen LogP contribution in [0.25, 0.3) is 55.4 Å². The number of ketones is 2. The highest BCUT2D eigenvalue weighted by molar-refractivity contribution is 6.17. The van der Waals surface area contributed by atoms with Crippen molar-refractivity contribution >= 4 is 68.2 Å². The van der Waals surface area contributed by atoms with Gasteiger partial charge in [0.05, 0.1) is 55.4 Å². The van der Waals surface area contributed by atoms with Gasteiger partial charge in [0, 0.05) is 36.6 Å². The fourth-order valence-corrected chi connectivity index (χ4v) is 10.5. The number of amides is 2. The molecule has 426 valence electrons. The van der Waals surface area contributed by atoms with Crippen molar-refractivity contribution in [3.63, 3.8) is 0 Å². The van der Waals surface area contributed by atoms with Crippen molar-refractivity contribution in [2.75, 3.05) is 26.3 Å². The van der Waals surface area contributed by atoms with Crippen LogP contribution >= 0.6 is 0 Å². The van der Waals surface area contributed by atoms with Crippen molar-refractivity contribution < 1.29 is 48.5 Å². The van der Waals surface area contributed by atoms with Gasteiger partial charge < -0.3 is 49.1 Å². The Morgan fingerprint density at radius 3 is 1.27 bits per heavy atom. The number of pyridine rings is 2. The molecule has 0 spiro atoms. The molecule has 2 amide bonds. The number of unbranched alkanes of at least 4 members (excludes halogenated alkanes) is 3. The lowest BCUT2D eigenvalue weighted by molar-refractivity contribution is -0.138. The molecular formula is C62H54N8O14. The number of carbonyl (C=O) groups is 6. The standard InChI is InChI=1S/C62H54N8O14/c1-35-53(57(77)39-17-23-45-43(29-39)59(79)69(31-51(73)74)61(81)65-45)47-11-5-9-27-67(47)55(35)37-13-19-41(20-14-37)83-33-49(71)63-25-7-3-4-8-26-64-50(72)34-84-42-21-15-38(16-22-42)56-36(2)54(48-12-6-10-28-68(48)56)58(78)40-18-24-46-44(30-40)60(80)70(32-52(75)76)62(82)66-46/h5-6,9-24,27-30H,3-4,7-8,25-26,31-34H2,1-2H3,(H,63,71)(H,64,72)(H,65,81)(H,66,82)(H,73,74)(H,75,76). The number of hydrogen-bond acceptors (Lipinski definition) is 12. The number of carboxylic acid groups (broad SMARTS) is 2. The van der Waals surface area contributed by atoms with Crippen LogP contribution < -0.4 is 42.6 Å². The van der Waals surface area contributed by atoms with Gasteiger partial charge in [-0.05, 0) is 158 Å². The number of H-pyrrole nitrogens is 2. The summed E-state index contributed by atoms with van der Waals surface area (Å²) in [5.74, 6) is -3.13. The normalized spacial score (nSPS) is 11.3. The molecule has 0 aliphatic heterocycles. The zero-order valence-corrected chi connectivity index (χ0v) is 45.4. The number of aromatic nitrogens is 6. The van der Waals surface area contributed by atoms with Crippen molar-refractivity contribution in [2.45, 2.75) is 52.6 Å². The smallest absolute Gasteiger partial charge is 0.329 e. The summed E-state index contributed by atoms with van der Waals surface area (Å²) in [7, 11) is 0. The molecule has 0 saturated heterocycles. The van der Waals surface area contributed by atoms with E-state index in [1.165, 1.54) is 36.4 Å². The number of aromatic amines is 2. The Balaban J connectivity index is 0.657. The summed E-state index contributed by atoms with van der Waals surface area (Å²) in [6, 6.07) is 33.8. The second-order valence-corrected chi connectivity index (χ2v) is 20.0. The van der Waals surface area contributed by atoms with Gasteiger partial charge in [-0.3, -0.25) is 38.4 Å². The number of rotatable bonds is 23. The number of carbonyl (C=O) groups excluding carboxylic acids is 4. The number of carboxylic acids is 2. The fraction of sp³-hybridized carbons (Fsp3) is 0.194. The minimum Gasteiger partial charge on any atom is -0.484 e. The van der Waals surface area contributed by atoms with E-state index in [9.17, 15) is 58.2 Å². The average Bonchev–Trinajstić information content (AvgIpc) is 2.05. The minimum absolute atomic E-state index is 0.00370. The van der Waals surface area contributed by atoms with Crippen LogP contribution in [0.15, 0.2) is 153 Å². The van der Waals surface area contributed by atoms with E-state index in [1.807, 2.05) is 83.6 Å². The van der Waals surface area contributed by atoms with E-state index in [1.54, 1.807) is 36.4 Å². The van der Waals surface area contributed by atoms with Crippen molar-refractivity contribution in [1.29, 1.82) is 0 Å². The highest BCUT2D eigenvalue weighted by Gasteiger charge is 2.26. The van der Waals surface area contributed by atoms with Gasteiger partial charge in [0.15, 0.2) is 24.8 Å². The molecule has 0 saturated carbocycles. The SMILES string of the molecule is Cc1c(C(=O)c2ccc3[nH]c(=O)n(CC(=O)O)c(=O)c3c2)c2ccccn2c1-c1ccc(OCC(=O)NCCCCCCNC(=O)COc2ccc(-c3c(C)c(C(=O)c4ccc5[nH]c(=O)n(CC(=O)O)c(=O)c5c4)c4ccccn34)cc2)cc1. The Hall–Kier alpha value is -10.9. The molecule has 0 atom stereocenters. The highest BCUT2D eigenvalue weighted by atomic mass is 16.5. The van der Waals surface area contributed by atoms with Gasteiger partial charge >= 0.3 is 23.3 Å². The number of benzene rings is 4. The van der Waals surface area contributed by atoms with Crippen LogP contribution in [0.3, 0.4) is 0 Å². The van der Waals surface area contributed by atoms with E-state index in [2.05, 4.69) is 20.6 Å². The lowest BCUT2D eigenvalue weighted by Crippen LogP contribution is -2.37. The Labute approximate surface area is 475 Å². The summed E-state index contributed by atoms with van der Waals surface area (Å²) >= 11 is 0. The first-order valence-electron chi connectivity index (χ1n) is 26.7. The second kappa shape index (κ2) is 24.1. The molecule has 0 fully saturated rings. The molecule has 6 heterocycles. The molecule has 22 nitrogen and oxygen atoms in total. The van der Waals surface area contributed by atoms with E-state index in [-0.39, 0.29) is 69.5 Å². The molecule has 6 N–H and O–H groups in total. The molecule has 0 bridgehead atoms. The molecule has 0 aliphatic rings. The van der Waals surface area contributed by atoms with Crippen LogP contribution in [0.4, 0.5) is 0 Å². The van der Waals surface area contributed by atoms with Crippen molar-refractivity contribution in [3.8, 4) is 34.0 Å². The van der Waals surface area contributed by atoms with Crippen molar-refractivity contribution in [1.82, 2.24) is 38.5 Å². The second-order valence-electron chi connectivity index (χ2n) is 20.0. The lowest BCUT2D eigenvalue weighted by Gasteiger charge is -2.10. The van der Waals surface area contributed by atoms with Gasteiger partial charge in [0.25, 0.3) is 22.9 Å². The summed E-state index contributed by atoms with van der Waals surface area (Å²) in [4.78, 5) is 133. The van der Waals surface area contributed by atoms with Gasteiger partial charge in [-0.25, -0.2) is 18.7 Å². The Bertz CT molecular complexity index is 4260. The monoisotopic (exact) mass is 1130 g/mol. The molecule has 22 heteroatoms. The van der Waals surface area contributed by atoms with Crippen LogP contribution in [0.1, 0.15) is 68.7 Å². The van der Waals surface area contributed by atoms with Gasteiger partial charge in [0.2, 0.25) is 0 Å². The molecule has 10 rings (SSSR count).